The minimum absolute atomic E-state index is 0.118. The maximum atomic E-state index is 13.2. The Bertz CT molecular complexity index is 1800. The number of carbonyl (C=O) groups is 2. The minimum Gasteiger partial charge on any atom is -0.407 e. The second kappa shape index (κ2) is 12.4. The van der Waals surface area contributed by atoms with Crippen LogP contribution in [0.2, 0.25) is 5.04 Å². The average Bonchev–Trinajstić information content (AvgIpc) is 3.75. The van der Waals surface area contributed by atoms with E-state index in [9.17, 15) is 9.59 Å². The summed E-state index contributed by atoms with van der Waals surface area (Å²) < 4.78 is 9.14. The largest absolute Gasteiger partial charge is 0.407 e. The Morgan fingerprint density at radius 2 is 1.69 bits per heavy atom. The standard InChI is InChI=1S/C36H39N5O3Si/c1-36(2,3)45(26-14-6-4-7-15-26,27-16-8-5-9-17-27)44-22-12-21-41-24-29(28-18-11-20-39-33(28)41)31-32(35(43)40-34(31)42)30(37)23-25-13-10-19-38-25/h4-9,11,14-18,20,23-24H,10,12-13,19,21-22,37H2,1-3H3,(H,40,42,43). The number of aryl methyl sites for hydroxylation is 1. The number of rotatable bonds is 10. The van der Waals surface area contributed by atoms with E-state index in [1.807, 2.05) is 35.0 Å². The van der Waals surface area contributed by atoms with Gasteiger partial charge in [0.25, 0.3) is 20.1 Å². The summed E-state index contributed by atoms with van der Waals surface area (Å²) >= 11 is 0. The Kier molecular flexibility index (Phi) is 8.39. The molecule has 0 saturated carbocycles. The molecule has 8 nitrogen and oxygen atoms in total. The molecule has 45 heavy (non-hydrogen) atoms. The maximum absolute atomic E-state index is 13.2. The number of pyridine rings is 1. The maximum Gasteiger partial charge on any atom is 0.261 e. The predicted molar refractivity (Wildman–Crippen MR) is 182 cm³/mol. The Labute approximate surface area is 264 Å². The van der Waals surface area contributed by atoms with E-state index >= 15 is 0 Å². The molecule has 9 heteroatoms. The highest BCUT2D eigenvalue weighted by molar-refractivity contribution is 6.99. The van der Waals surface area contributed by atoms with Gasteiger partial charge in [0.1, 0.15) is 5.65 Å². The van der Waals surface area contributed by atoms with E-state index in [1.165, 1.54) is 10.4 Å². The Balaban J connectivity index is 1.32. The summed E-state index contributed by atoms with van der Waals surface area (Å²) in [6, 6.07) is 25.0. The number of carbonyl (C=O) groups excluding carboxylic acids is 2. The highest BCUT2D eigenvalue weighted by Crippen LogP contribution is 2.37. The molecule has 0 saturated heterocycles. The van der Waals surface area contributed by atoms with E-state index in [0.29, 0.717) is 18.7 Å². The molecule has 4 heterocycles. The average molecular weight is 618 g/mol. The van der Waals surface area contributed by atoms with Gasteiger partial charge in [-0.05, 0) is 52.9 Å². The van der Waals surface area contributed by atoms with Gasteiger partial charge < -0.3 is 14.7 Å². The molecule has 2 aromatic heterocycles. The monoisotopic (exact) mass is 617 g/mol. The zero-order valence-corrected chi connectivity index (χ0v) is 27.0. The van der Waals surface area contributed by atoms with Crippen LogP contribution in [-0.4, -0.2) is 48.5 Å². The molecule has 0 aliphatic carbocycles. The van der Waals surface area contributed by atoms with Gasteiger partial charge in [-0.15, -0.1) is 0 Å². The van der Waals surface area contributed by atoms with Crippen LogP contribution in [0.25, 0.3) is 16.6 Å². The van der Waals surface area contributed by atoms with Gasteiger partial charge in [0.15, 0.2) is 0 Å². The number of imide groups is 1. The predicted octanol–water partition coefficient (Wildman–Crippen LogP) is 4.49. The highest BCUT2D eigenvalue weighted by Gasteiger charge is 2.50. The van der Waals surface area contributed by atoms with Gasteiger partial charge in [0, 0.05) is 54.4 Å². The number of aromatic nitrogens is 2. The first kappa shape index (κ1) is 30.4. The van der Waals surface area contributed by atoms with Crippen LogP contribution in [0.3, 0.4) is 0 Å². The number of amides is 2. The van der Waals surface area contributed by atoms with Gasteiger partial charge >= 0.3 is 0 Å². The van der Waals surface area contributed by atoms with E-state index in [4.69, 9.17) is 10.2 Å². The second-order valence-corrected chi connectivity index (χ2v) is 16.9. The van der Waals surface area contributed by atoms with Crippen LogP contribution in [0.1, 0.15) is 45.6 Å². The summed E-state index contributed by atoms with van der Waals surface area (Å²) in [5, 5.41) is 5.60. The summed E-state index contributed by atoms with van der Waals surface area (Å²) in [4.78, 5) is 35.2. The lowest BCUT2D eigenvalue weighted by atomic mass is 9.99. The van der Waals surface area contributed by atoms with Crippen molar-refractivity contribution in [2.75, 3.05) is 13.2 Å². The molecule has 3 N–H and O–H groups in total. The molecule has 0 radical (unpaired) electrons. The zero-order chi connectivity index (χ0) is 31.6. The summed E-state index contributed by atoms with van der Waals surface area (Å²) in [6.07, 6.45) is 7.86. The van der Waals surface area contributed by atoms with E-state index in [-0.39, 0.29) is 21.9 Å². The van der Waals surface area contributed by atoms with Crippen molar-refractivity contribution in [1.82, 2.24) is 14.9 Å². The van der Waals surface area contributed by atoms with Crippen LogP contribution in [0.5, 0.6) is 0 Å². The van der Waals surface area contributed by atoms with Crippen LogP contribution in [0.15, 0.2) is 108 Å². The van der Waals surface area contributed by atoms with Crippen molar-refractivity contribution in [3.63, 3.8) is 0 Å². The molecule has 0 bridgehead atoms. The molecule has 0 spiro atoms. The van der Waals surface area contributed by atoms with Gasteiger partial charge in [0.2, 0.25) is 0 Å². The third-order valence-electron chi connectivity index (χ3n) is 8.63. The van der Waals surface area contributed by atoms with E-state index < -0.39 is 20.1 Å². The van der Waals surface area contributed by atoms with Gasteiger partial charge in [-0.25, -0.2) is 4.98 Å². The van der Waals surface area contributed by atoms with Crippen molar-refractivity contribution in [2.24, 2.45) is 10.7 Å². The summed E-state index contributed by atoms with van der Waals surface area (Å²) in [7, 11) is -2.66. The number of hydrogen-bond donors (Lipinski definition) is 2. The minimum atomic E-state index is -2.66. The van der Waals surface area contributed by atoms with Crippen molar-refractivity contribution >= 4 is 52.8 Å². The molecule has 2 aromatic carbocycles. The molecule has 2 aliphatic heterocycles. The van der Waals surface area contributed by atoms with Crippen molar-refractivity contribution in [3.05, 3.63) is 108 Å². The Morgan fingerprint density at radius 3 is 2.31 bits per heavy atom. The number of benzene rings is 2. The first-order valence-corrected chi connectivity index (χ1v) is 17.4. The van der Waals surface area contributed by atoms with E-state index in [0.717, 1.165) is 42.6 Å². The second-order valence-electron chi connectivity index (χ2n) is 12.6. The summed E-state index contributed by atoms with van der Waals surface area (Å²) in [6.45, 7) is 8.72. The third-order valence-corrected chi connectivity index (χ3v) is 13.7. The fraction of sp³-hybridized carbons (Fsp3) is 0.278. The molecule has 4 aromatic rings. The van der Waals surface area contributed by atoms with Crippen LogP contribution in [-0.2, 0) is 20.6 Å². The molecule has 0 atom stereocenters. The molecule has 230 valence electrons. The smallest absolute Gasteiger partial charge is 0.261 e. The zero-order valence-electron chi connectivity index (χ0n) is 26.0. The molecule has 2 aliphatic rings. The van der Waals surface area contributed by atoms with Crippen molar-refractivity contribution < 1.29 is 14.0 Å². The number of nitrogens with two attached hydrogens (primary N) is 1. The molecular formula is C36H39N5O3Si. The van der Waals surface area contributed by atoms with Gasteiger partial charge in [-0.2, -0.15) is 0 Å². The lowest BCUT2D eigenvalue weighted by Gasteiger charge is -2.43. The van der Waals surface area contributed by atoms with Gasteiger partial charge in [-0.3, -0.25) is 19.9 Å². The highest BCUT2D eigenvalue weighted by atomic mass is 28.4. The normalized spacial score (nSPS) is 16.1. The summed E-state index contributed by atoms with van der Waals surface area (Å²) in [5.74, 6) is -0.955. The SMILES string of the molecule is CC(C)(C)[Si](OCCCn1cc(C2=C(C(N)=CC3=NCCC3)C(=O)NC2=O)c2cccnc21)(c1ccccc1)c1ccccc1. The lowest BCUT2D eigenvalue weighted by molar-refractivity contribution is -0.123. The van der Waals surface area contributed by atoms with Crippen molar-refractivity contribution in [1.29, 1.82) is 0 Å². The lowest BCUT2D eigenvalue weighted by Crippen LogP contribution is -2.66. The molecular weight excluding hydrogens is 579 g/mol. The Morgan fingerprint density at radius 1 is 1.00 bits per heavy atom. The van der Waals surface area contributed by atoms with Crippen LogP contribution in [0.4, 0.5) is 0 Å². The molecule has 6 rings (SSSR count). The topological polar surface area (TPSA) is 112 Å². The van der Waals surface area contributed by atoms with Gasteiger partial charge in [-0.1, -0.05) is 81.4 Å². The number of fused-ring (bicyclic) bond motifs is 1. The number of hydrogen-bond acceptors (Lipinski definition) is 6. The van der Waals surface area contributed by atoms with Gasteiger partial charge in [0.05, 0.1) is 11.1 Å². The number of aliphatic imine (C=N–C) groups is 1. The number of allylic oxidation sites excluding steroid dienone is 1. The molecule has 2 amide bonds. The quantitative estimate of drug-likeness (QED) is 0.155. The van der Waals surface area contributed by atoms with Crippen molar-refractivity contribution in [3.8, 4) is 0 Å². The van der Waals surface area contributed by atoms with Crippen LogP contribution < -0.4 is 21.4 Å². The van der Waals surface area contributed by atoms with E-state index in [2.05, 4.69) is 84.6 Å². The first-order valence-electron chi connectivity index (χ1n) is 15.5. The first-order chi connectivity index (χ1) is 21.7. The number of nitrogens with one attached hydrogen (secondary N) is 1. The fourth-order valence-corrected chi connectivity index (χ4v) is 11.2. The summed E-state index contributed by atoms with van der Waals surface area (Å²) in [5.41, 5.74) is 9.35. The molecule has 0 unspecified atom stereocenters. The third kappa shape index (κ3) is 5.69. The van der Waals surface area contributed by atoms with Crippen LogP contribution >= 0.6 is 0 Å². The Hall–Kier alpha value is -4.60. The number of nitrogens with zero attached hydrogens (tertiary/aromatic N) is 3. The van der Waals surface area contributed by atoms with E-state index in [1.54, 1.807) is 12.3 Å². The van der Waals surface area contributed by atoms with Crippen molar-refractivity contribution in [2.45, 2.75) is 51.6 Å². The molecule has 0 fully saturated rings. The fourth-order valence-electron chi connectivity index (χ4n) is 6.63. The van der Waals surface area contributed by atoms with Crippen LogP contribution in [0, 0.1) is 0 Å².